The summed E-state index contributed by atoms with van der Waals surface area (Å²) in [6.45, 7) is 5.41. The van der Waals surface area contributed by atoms with Crippen molar-refractivity contribution in [3.8, 4) is 0 Å². The lowest BCUT2D eigenvalue weighted by Crippen LogP contribution is -2.62. The Labute approximate surface area is 175 Å². The topological polar surface area (TPSA) is 42.4 Å². The van der Waals surface area contributed by atoms with Gasteiger partial charge in [-0.3, -0.25) is 4.79 Å². The van der Waals surface area contributed by atoms with Gasteiger partial charge in [-0.25, -0.2) is 9.37 Å². The van der Waals surface area contributed by atoms with Crippen molar-refractivity contribution in [1.82, 2.24) is 9.88 Å². The van der Waals surface area contributed by atoms with Crippen LogP contribution in [0.25, 0.3) is 0 Å². The van der Waals surface area contributed by atoms with Crippen LogP contribution >= 0.6 is 11.3 Å². The van der Waals surface area contributed by atoms with Crippen molar-refractivity contribution >= 4 is 17.2 Å². The van der Waals surface area contributed by atoms with Crippen molar-refractivity contribution in [1.29, 1.82) is 0 Å². The van der Waals surface area contributed by atoms with Gasteiger partial charge < -0.3 is 9.64 Å². The molecule has 1 aliphatic heterocycles. The zero-order valence-corrected chi connectivity index (χ0v) is 17.8. The van der Waals surface area contributed by atoms with Crippen LogP contribution in [-0.4, -0.2) is 40.1 Å². The van der Waals surface area contributed by atoms with Crippen LogP contribution in [0.2, 0.25) is 0 Å². The summed E-state index contributed by atoms with van der Waals surface area (Å²) in [5.41, 5.74) is 0.531. The molecule has 2 saturated carbocycles. The number of thiazole rings is 1. The third kappa shape index (κ3) is 3.50. The van der Waals surface area contributed by atoms with Crippen molar-refractivity contribution in [3.63, 3.8) is 0 Å². The monoisotopic (exact) mass is 414 g/mol. The summed E-state index contributed by atoms with van der Waals surface area (Å²) in [5, 5.41) is 2.58. The number of hydrogen-bond acceptors (Lipinski definition) is 4. The van der Waals surface area contributed by atoms with Gasteiger partial charge >= 0.3 is 0 Å². The molecule has 2 aliphatic carbocycles. The number of morpholine rings is 1. The van der Waals surface area contributed by atoms with Gasteiger partial charge in [0.05, 0.1) is 22.8 Å². The van der Waals surface area contributed by atoms with Gasteiger partial charge in [0.1, 0.15) is 11.5 Å². The van der Waals surface area contributed by atoms with E-state index in [1.807, 2.05) is 16.3 Å². The van der Waals surface area contributed by atoms with Gasteiger partial charge in [0.25, 0.3) is 5.91 Å². The number of fused-ring (bicyclic) bond motifs is 3. The standard InChI is InChI=1S/C23H27FN2O2S/c1-22(2)13-26(14-23(28-22)11-15-7-8-17(23)9-15)21(27)19-12-29-20(25-19)10-16-5-3-4-6-18(16)24/h3-6,12,15,17H,7-11,13-14H2,1-2H3/t15-,17+,23+/m1/s1. The number of aromatic nitrogens is 1. The first-order valence-corrected chi connectivity index (χ1v) is 11.4. The number of hydrogen-bond donors (Lipinski definition) is 0. The lowest BCUT2D eigenvalue weighted by molar-refractivity contribution is -0.208. The third-order valence-electron chi connectivity index (χ3n) is 6.79. The molecule has 2 aromatic rings. The van der Waals surface area contributed by atoms with Crippen LogP contribution in [0.3, 0.4) is 0 Å². The molecule has 3 fully saturated rings. The average molecular weight is 415 g/mol. The van der Waals surface area contributed by atoms with E-state index >= 15 is 0 Å². The number of carbonyl (C=O) groups is 1. The highest BCUT2D eigenvalue weighted by atomic mass is 32.1. The molecular weight excluding hydrogens is 387 g/mol. The van der Waals surface area contributed by atoms with Crippen molar-refractivity contribution in [2.75, 3.05) is 13.1 Å². The van der Waals surface area contributed by atoms with E-state index in [4.69, 9.17) is 4.74 Å². The number of ether oxygens (including phenoxy) is 1. The van der Waals surface area contributed by atoms with Crippen LogP contribution in [-0.2, 0) is 11.2 Å². The molecule has 3 atom stereocenters. The van der Waals surface area contributed by atoms with Crippen LogP contribution in [0.5, 0.6) is 0 Å². The molecule has 2 heterocycles. The molecule has 4 nitrogen and oxygen atoms in total. The predicted molar refractivity (Wildman–Crippen MR) is 111 cm³/mol. The van der Waals surface area contributed by atoms with E-state index in [9.17, 15) is 9.18 Å². The summed E-state index contributed by atoms with van der Waals surface area (Å²) in [6, 6.07) is 6.73. The fourth-order valence-corrected chi connectivity index (χ4v) is 6.56. The van der Waals surface area contributed by atoms with Crippen LogP contribution in [0, 0.1) is 17.7 Å². The van der Waals surface area contributed by atoms with Gasteiger partial charge in [-0.15, -0.1) is 11.3 Å². The fourth-order valence-electron chi connectivity index (χ4n) is 5.77. The Balaban J connectivity index is 1.35. The van der Waals surface area contributed by atoms with Crippen LogP contribution in [0.1, 0.15) is 60.6 Å². The molecule has 0 unspecified atom stereocenters. The van der Waals surface area contributed by atoms with E-state index in [0.717, 1.165) is 17.3 Å². The van der Waals surface area contributed by atoms with E-state index in [1.165, 1.54) is 36.7 Å². The highest BCUT2D eigenvalue weighted by Gasteiger charge is 2.57. The number of halogens is 1. The minimum atomic E-state index is -0.357. The largest absolute Gasteiger partial charge is 0.365 e. The first kappa shape index (κ1) is 19.2. The van der Waals surface area contributed by atoms with Crippen molar-refractivity contribution in [2.45, 2.75) is 57.2 Å². The maximum Gasteiger partial charge on any atom is 0.273 e. The highest BCUT2D eigenvalue weighted by Crippen LogP contribution is 2.55. The average Bonchev–Trinajstić information content (AvgIpc) is 3.38. The molecule has 0 N–H and O–H groups in total. The summed E-state index contributed by atoms with van der Waals surface area (Å²) >= 11 is 1.42. The molecule has 154 valence electrons. The van der Waals surface area contributed by atoms with E-state index in [1.54, 1.807) is 12.1 Å². The summed E-state index contributed by atoms with van der Waals surface area (Å²) in [4.78, 5) is 19.8. The zero-order valence-electron chi connectivity index (χ0n) is 17.0. The second kappa shape index (κ2) is 6.88. The Kier molecular flexibility index (Phi) is 4.55. The van der Waals surface area contributed by atoms with E-state index < -0.39 is 0 Å². The molecule has 29 heavy (non-hydrogen) atoms. The van der Waals surface area contributed by atoms with E-state index in [0.29, 0.717) is 36.7 Å². The predicted octanol–water partition coefficient (Wildman–Crippen LogP) is 4.68. The molecule has 6 heteroatoms. The molecule has 1 amide bonds. The van der Waals surface area contributed by atoms with Crippen molar-refractivity contribution in [3.05, 3.63) is 51.7 Å². The zero-order chi connectivity index (χ0) is 20.2. The van der Waals surface area contributed by atoms with E-state index in [2.05, 4.69) is 18.8 Å². The van der Waals surface area contributed by atoms with Gasteiger partial charge in [-0.1, -0.05) is 18.2 Å². The SMILES string of the molecule is CC1(C)CN(C(=O)c2csc(Cc3ccccc3F)n2)C[C@]2(C[C@@H]3CC[C@H]2C3)O1. The van der Waals surface area contributed by atoms with Gasteiger partial charge in [0.15, 0.2) is 0 Å². The molecule has 3 aliphatic rings. The Morgan fingerprint density at radius 2 is 2.14 bits per heavy atom. The summed E-state index contributed by atoms with van der Waals surface area (Å²) in [5.74, 6) is 1.05. The van der Waals surface area contributed by atoms with Gasteiger partial charge in [-0.05, 0) is 63.0 Å². The number of carbonyl (C=O) groups excluding carboxylic acids is 1. The molecular formula is C23H27FN2O2S. The lowest BCUT2D eigenvalue weighted by Gasteiger charge is -2.52. The third-order valence-corrected chi connectivity index (χ3v) is 7.64. The van der Waals surface area contributed by atoms with Crippen molar-refractivity contribution < 1.29 is 13.9 Å². The van der Waals surface area contributed by atoms with Gasteiger partial charge in [-0.2, -0.15) is 0 Å². The summed E-state index contributed by atoms with van der Waals surface area (Å²) < 4.78 is 20.6. The minimum Gasteiger partial charge on any atom is -0.365 e. The maximum absolute atomic E-state index is 13.9. The molecule has 1 aromatic carbocycles. The molecule has 1 aromatic heterocycles. The lowest BCUT2D eigenvalue weighted by atomic mass is 9.81. The number of benzene rings is 1. The first-order chi connectivity index (χ1) is 13.8. The number of amides is 1. The fraction of sp³-hybridized carbons (Fsp3) is 0.565. The Hall–Kier alpha value is -1.79. The molecule has 0 radical (unpaired) electrons. The molecule has 1 saturated heterocycles. The summed E-state index contributed by atoms with van der Waals surface area (Å²) in [7, 11) is 0. The van der Waals surface area contributed by atoms with Gasteiger partial charge in [0.2, 0.25) is 0 Å². The highest BCUT2D eigenvalue weighted by molar-refractivity contribution is 7.09. The van der Waals surface area contributed by atoms with Crippen molar-refractivity contribution in [2.24, 2.45) is 11.8 Å². The number of rotatable bonds is 3. The molecule has 5 rings (SSSR count). The second-order valence-corrected chi connectivity index (χ2v) is 10.5. The van der Waals surface area contributed by atoms with Crippen LogP contribution in [0.4, 0.5) is 4.39 Å². The van der Waals surface area contributed by atoms with E-state index in [-0.39, 0.29) is 22.9 Å². The first-order valence-electron chi connectivity index (χ1n) is 10.5. The second-order valence-electron chi connectivity index (χ2n) is 9.56. The Morgan fingerprint density at radius 1 is 1.31 bits per heavy atom. The maximum atomic E-state index is 13.9. The Bertz CT molecular complexity index is 942. The smallest absolute Gasteiger partial charge is 0.273 e. The summed E-state index contributed by atoms with van der Waals surface area (Å²) in [6.07, 6.45) is 5.23. The normalized spacial score (nSPS) is 30.2. The van der Waals surface area contributed by atoms with Gasteiger partial charge in [0, 0.05) is 18.3 Å². The molecule has 1 spiro atoms. The minimum absolute atomic E-state index is 0.0282. The van der Waals surface area contributed by atoms with Crippen LogP contribution < -0.4 is 0 Å². The Morgan fingerprint density at radius 3 is 2.86 bits per heavy atom. The van der Waals surface area contributed by atoms with Crippen LogP contribution in [0.15, 0.2) is 29.6 Å². The number of nitrogens with zero attached hydrogens (tertiary/aromatic N) is 2. The molecule has 2 bridgehead atoms. The quantitative estimate of drug-likeness (QED) is 0.732.